The first-order valence-corrected chi connectivity index (χ1v) is 5.65. The van der Waals surface area contributed by atoms with E-state index < -0.39 is 5.97 Å². The third-order valence-electron chi connectivity index (χ3n) is 2.66. The molecule has 0 fully saturated rings. The number of nitrogens with zero attached hydrogens (tertiary/aromatic N) is 1. The highest BCUT2D eigenvalue weighted by molar-refractivity contribution is 5.66. The van der Waals surface area contributed by atoms with Crippen LogP contribution in [0.15, 0.2) is 24.3 Å². The van der Waals surface area contributed by atoms with Crippen molar-refractivity contribution in [2.75, 3.05) is 27.2 Å². The van der Waals surface area contributed by atoms with Gasteiger partial charge in [-0.1, -0.05) is 18.2 Å². The average Bonchev–Trinajstić information content (AvgIpc) is 2.34. The highest BCUT2D eigenvalue weighted by atomic mass is 16.5. The summed E-state index contributed by atoms with van der Waals surface area (Å²) in [5.74, 6) is 0.133. The van der Waals surface area contributed by atoms with E-state index in [1.165, 1.54) is 0 Å². The molecule has 4 nitrogen and oxygen atoms in total. The molecule has 0 saturated heterocycles. The molecule has 17 heavy (non-hydrogen) atoms. The van der Waals surface area contributed by atoms with Gasteiger partial charge in [-0.25, -0.2) is 0 Å². The summed E-state index contributed by atoms with van der Waals surface area (Å²) in [6.07, 6.45) is 1.04. The van der Waals surface area contributed by atoms with Crippen molar-refractivity contribution in [1.29, 1.82) is 0 Å². The molecule has 0 saturated carbocycles. The lowest BCUT2D eigenvalue weighted by Crippen LogP contribution is -2.24. The van der Waals surface area contributed by atoms with Crippen LogP contribution in [0.4, 0.5) is 0 Å². The highest BCUT2D eigenvalue weighted by Gasteiger charge is 2.05. The van der Waals surface area contributed by atoms with Crippen LogP contribution in [0.5, 0.6) is 5.75 Å². The molecule has 0 amide bonds. The largest absolute Gasteiger partial charge is 0.496 e. The van der Waals surface area contributed by atoms with Gasteiger partial charge in [0.05, 0.1) is 13.5 Å². The Kier molecular flexibility index (Phi) is 5.49. The Morgan fingerprint density at radius 1 is 1.35 bits per heavy atom. The number of hydrogen-bond donors (Lipinski definition) is 1. The quantitative estimate of drug-likeness (QED) is 0.783. The fourth-order valence-corrected chi connectivity index (χ4v) is 1.62. The van der Waals surface area contributed by atoms with Crippen LogP contribution in [0.3, 0.4) is 0 Å². The van der Waals surface area contributed by atoms with Crippen molar-refractivity contribution >= 4 is 5.97 Å². The van der Waals surface area contributed by atoms with Gasteiger partial charge in [0.1, 0.15) is 5.75 Å². The number of hydrogen-bond acceptors (Lipinski definition) is 3. The van der Waals surface area contributed by atoms with Gasteiger partial charge < -0.3 is 14.7 Å². The van der Waals surface area contributed by atoms with Crippen LogP contribution in [0, 0.1) is 0 Å². The molecule has 1 rings (SSSR count). The zero-order chi connectivity index (χ0) is 12.7. The lowest BCUT2D eigenvalue weighted by molar-refractivity contribution is -0.137. The lowest BCUT2D eigenvalue weighted by Gasteiger charge is -2.16. The monoisotopic (exact) mass is 237 g/mol. The molecule has 0 bridgehead atoms. The van der Waals surface area contributed by atoms with Gasteiger partial charge in [0.15, 0.2) is 0 Å². The maximum absolute atomic E-state index is 10.4. The molecular formula is C13H19NO3. The van der Waals surface area contributed by atoms with E-state index in [0.717, 1.165) is 24.3 Å². The van der Waals surface area contributed by atoms with Gasteiger partial charge in [-0.3, -0.25) is 4.79 Å². The van der Waals surface area contributed by atoms with E-state index in [0.29, 0.717) is 6.54 Å². The maximum Gasteiger partial charge on any atom is 0.304 e. The van der Waals surface area contributed by atoms with Crippen LogP contribution in [0.25, 0.3) is 0 Å². The van der Waals surface area contributed by atoms with Gasteiger partial charge in [0.2, 0.25) is 0 Å². The van der Waals surface area contributed by atoms with Crippen LogP contribution in [-0.4, -0.2) is 43.2 Å². The molecule has 0 spiro atoms. The molecule has 0 aliphatic heterocycles. The third kappa shape index (κ3) is 4.87. The normalized spacial score (nSPS) is 10.5. The number of ether oxygens (including phenoxy) is 1. The van der Waals surface area contributed by atoms with Gasteiger partial charge in [-0.15, -0.1) is 0 Å². The number of aliphatic carboxylic acids is 1. The lowest BCUT2D eigenvalue weighted by atomic mass is 10.1. The fourth-order valence-electron chi connectivity index (χ4n) is 1.62. The second-order valence-electron chi connectivity index (χ2n) is 4.01. The summed E-state index contributed by atoms with van der Waals surface area (Å²) in [7, 11) is 3.59. The molecule has 0 aliphatic rings. The van der Waals surface area contributed by atoms with Crippen molar-refractivity contribution < 1.29 is 14.6 Å². The van der Waals surface area contributed by atoms with Crippen LogP contribution >= 0.6 is 0 Å². The van der Waals surface area contributed by atoms with Crippen molar-refractivity contribution in [2.45, 2.75) is 12.8 Å². The van der Waals surface area contributed by atoms with Crippen molar-refractivity contribution in [3.05, 3.63) is 29.8 Å². The summed E-state index contributed by atoms with van der Waals surface area (Å²) >= 11 is 0. The minimum Gasteiger partial charge on any atom is -0.496 e. The van der Waals surface area contributed by atoms with Gasteiger partial charge in [-0.2, -0.15) is 0 Å². The predicted molar refractivity (Wildman–Crippen MR) is 66.4 cm³/mol. The van der Waals surface area contributed by atoms with E-state index in [-0.39, 0.29) is 6.42 Å². The number of benzene rings is 1. The third-order valence-corrected chi connectivity index (χ3v) is 2.66. The minimum atomic E-state index is -0.755. The first-order valence-electron chi connectivity index (χ1n) is 5.65. The van der Waals surface area contributed by atoms with E-state index in [1.54, 1.807) is 7.11 Å². The average molecular weight is 237 g/mol. The first-order chi connectivity index (χ1) is 8.13. The molecule has 1 N–H and O–H groups in total. The molecule has 0 unspecified atom stereocenters. The molecule has 4 heteroatoms. The van der Waals surface area contributed by atoms with E-state index >= 15 is 0 Å². The van der Waals surface area contributed by atoms with Gasteiger partial charge in [0.25, 0.3) is 0 Å². The van der Waals surface area contributed by atoms with Crippen LogP contribution in [0.1, 0.15) is 12.0 Å². The summed E-state index contributed by atoms with van der Waals surface area (Å²) in [5.41, 5.74) is 1.15. The molecule has 0 aliphatic carbocycles. The van der Waals surface area contributed by atoms with E-state index in [1.807, 2.05) is 36.2 Å². The van der Waals surface area contributed by atoms with E-state index in [4.69, 9.17) is 9.84 Å². The van der Waals surface area contributed by atoms with Crippen molar-refractivity contribution in [1.82, 2.24) is 4.90 Å². The molecule has 0 aromatic heterocycles. The molecule has 0 radical (unpaired) electrons. The fraction of sp³-hybridized carbons (Fsp3) is 0.462. The Morgan fingerprint density at radius 3 is 2.71 bits per heavy atom. The zero-order valence-electron chi connectivity index (χ0n) is 10.3. The number of carboxylic acids is 1. The molecule has 0 atom stereocenters. The Bertz CT molecular complexity index is 365. The summed E-state index contributed by atoms with van der Waals surface area (Å²) < 4.78 is 5.26. The number of carbonyl (C=O) groups is 1. The summed E-state index contributed by atoms with van der Waals surface area (Å²) in [6, 6.07) is 7.89. The Labute approximate surface area is 102 Å². The minimum absolute atomic E-state index is 0.183. The number of likely N-dealkylation sites (N-methyl/N-ethyl adjacent to an activating group) is 1. The van der Waals surface area contributed by atoms with Crippen molar-refractivity contribution in [2.24, 2.45) is 0 Å². The molecule has 1 aromatic rings. The van der Waals surface area contributed by atoms with Gasteiger partial charge >= 0.3 is 5.97 Å². The number of methoxy groups -OCH3 is 1. The number of para-hydroxylation sites is 1. The standard InChI is InChI=1S/C13H19NO3/c1-14(10-8-13(15)16)9-7-11-5-3-4-6-12(11)17-2/h3-6H,7-10H2,1-2H3,(H,15,16). The second kappa shape index (κ2) is 6.91. The topological polar surface area (TPSA) is 49.8 Å². The predicted octanol–water partition coefficient (Wildman–Crippen LogP) is 1.64. The van der Waals surface area contributed by atoms with Crippen LogP contribution in [0.2, 0.25) is 0 Å². The van der Waals surface area contributed by atoms with Crippen molar-refractivity contribution in [3.63, 3.8) is 0 Å². The second-order valence-corrected chi connectivity index (χ2v) is 4.01. The smallest absolute Gasteiger partial charge is 0.304 e. The van der Waals surface area contributed by atoms with Gasteiger partial charge in [0, 0.05) is 13.1 Å². The maximum atomic E-state index is 10.4. The number of rotatable bonds is 7. The van der Waals surface area contributed by atoms with Gasteiger partial charge in [-0.05, 0) is 25.1 Å². The highest BCUT2D eigenvalue weighted by Crippen LogP contribution is 2.17. The Morgan fingerprint density at radius 2 is 2.06 bits per heavy atom. The van der Waals surface area contributed by atoms with Crippen LogP contribution in [-0.2, 0) is 11.2 Å². The first kappa shape index (κ1) is 13.5. The SMILES string of the molecule is COc1ccccc1CCN(C)CCC(=O)O. The Balaban J connectivity index is 2.41. The Hall–Kier alpha value is -1.55. The summed E-state index contributed by atoms with van der Waals surface area (Å²) in [5, 5.41) is 8.58. The van der Waals surface area contributed by atoms with Crippen molar-refractivity contribution in [3.8, 4) is 5.75 Å². The summed E-state index contributed by atoms with van der Waals surface area (Å²) in [4.78, 5) is 12.4. The molecule has 94 valence electrons. The van der Waals surface area contributed by atoms with E-state index in [9.17, 15) is 4.79 Å². The summed E-state index contributed by atoms with van der Waals surface area (Å²) in [6.45, 7) is 1.40. The molecule has 1 aromatic carbocycles. The van der Waals surface area contributed by atoms with E-state index in [2.05, 4.69) is 0 Å². The zero-order valence-corrected chi connectivity index (χ0v) is 10.3. The molecule has 0 heterocycles. The number of carboxylic acid groups (broad SMARTS) is 1. The molecular weight excluding hydrogens is 218 g/mol. The van der Waals surface area contributed by atoms with Crippen LogP contribution < -0.4 is 4.74 Å².